The van der Waals surface area contributed by atoms with Gasteiger partial charge in [-0.2, -0.15) is 0 Å². The summed E-state index contributed by atoms with van der Waals surface area (Å²) in [5.41, 5.74) is -0.168. The third-order valence-electron chi connectivity index (χ3n) is 5.40. The molecule has 0 saturated carbocycles. The fourth-order valence-corrected chi connectivity index (χ4v) is 3.84. The van der Waals surface area contributed by atoms with Crippen LogP contribution in [-0.4, -0.2) is 79.5 Å². The molecule has 0 aromatic heterocycles. The standard InChI is InChI=1S/C21H20O10/c1-7-2-9-14(11(23)3-7)18(27)15-10(16(9)25)4-8(5-12(15)24)30-21-20(29)19(28)17(26)13(6-22)31-21/h2-5,13,17,19-24,26,28-29H,6H2,1H3/t13-,17-,19+,20-,21+/m1/s1. The number of aliphatic hydroxyl groups excluding tert-OH is 4. The van der Waals surface area contributed by atoms with Crippen LogP contribution >= 0.6 is 0 Å². The zero-order valence-electron chi connectivity index (χ0n) is 16.2. The van der Waals surface area contributed by atoms with E-state index in [1.807, 2.05) is 0 Å². The summed E-state index contributed by atoms with van der Waals surface area (Å²) in [5.74, 6) is -2.50. The van der Waals surface area contributed by atoms with Crippen LogP contribution in [0.25, 0.3) is 0 Å². The highest BCUT2D eigenvalue weighted by atomic mass is 16.7. The number of ketones is 2. The van der Waals surface area contributed by atoms with Gasteiger partial charge in [0.1, 0.15) is 41.7 Å². The number of aryl methyl sites for hydroxylation is 1. The van der Waals surface area contributed by atoms with Crippen molar-refractivity contribution in [2.75, 3.05) is 6.61 Å². The SMILES string of the molecule is Cc1cc(O)c2c(c1)C(=O)c1cc(O[C@H]3O[C@H](CO)[C@@H](O)[C@H](O)[C@H]3O)cc(O)c1C2=O. The molecule has 1 aliphatic heterocycles. The molecule has 2 aromatic carbocycles. The van der Waals surface area contributed by atoms with E-state index >= 15 is 0 Å². The van der Waals surface area contributed by atoms with Gasteiger partial charge in [-0.05, 0) is 30.7 Å². The molecule has 1 fully saturated rings. The fraction of sp³-hybridized carbons (Fsp3) is 0.333. The molecular weight excluding hydrogens is 412 g/mol. The number of hydrogen-bond donors (Lipinski definition) is 6. The molecule has 164 valence electrons. The summed E-state index contributed by atoms with van der Waals surface area (Å²) in [4.78, 5) is 25.9. The summed E-state index contributed by atoms with van der Waals surface area (Å²) >= 11 is 0. The predicted molar refractivity (Wildman–Crippen MR) is 102 cm³/mol. The van der Waals surface area contributed by atoms with Crippen LogP contribution in [0.3, 0.4) is 0 Å². The molecule has 31 heavy (non-hydrogen) atoms. The monoisotopic (exact) mass is 432 g/mol. The van der Waals surface area contributed by atoms with Gasteiger partial charge in [0.15, 0.2) is 5.78 Å². The van der Waals surface area contributed by atoms with E-state index in [1.54, 1.807) is 6.92 Å². The molecule has 2 aliphatic rings. The number of hydrogen-bond acceptors (Lipinski definition) is 10. The Bertz CT molecular complexity index is 1080. The molecule has 4 rings (SSSR count). The number of phenols is 2. The minimum atomic E-state index is -1.70. The van der Waals surface area contributed by atoms with Gasteiger partial charge in [0.05, 0.1) is 17.7 Å². The minimum Gasteiger partial charge on any atom is -0.507 e. The Kier molecular flexibility index (Phi) is 5.20. The second kappa shape index (κ2) is 7.59. The quantitative estimate of drug-likeness (QED) is 0.312. The van der Waals surface area contributed by atoms with Gasteiger partial charge in [0.2, 0.25) is 12.1 Å². The van der Waals surface area contributed by atoms with Crippen LogP contribution in [0.4, 0.5) is 0 Å². The lowest BCUT2D eigenvalue weighted by molar-refractivity contribution is -0.277. The van der Waals surface area contributed by atoms with E-state index < -0.39 is 54.6 Å². The Balaban J connectivity index is 1.72. The van der Waals surface area contributed by atoms with Gasteiger partial charge in [-0.15, -0.1) is 0 Å². The molecule has 0 bridgehead atoms. The largest absolute Gasteiger partial charge is 0.507 e. The molecule has 1 heterocycles. The second-order valence-electron chi connectivity index (χ2n) is 7.54. The van der Waals surface area contributed by atoms with Crippen LogP contribution in [0.2, 0.25) is 0 Å². The van der Waals surface area contributed by atoms with Crippen molar-refractivity contribution in [3.05, 3.63) is 52.1 Å². The smallest absolute Gasteiger partial charge is 0.229 e. The first kappa shape index (κ1) is 21.2. The maximum atomic E-state index is 13.0. The lowest BCUT2D eigenvalue weighted by Gasteiger charge is -2.39. The van der Waals surface area contributed by atoms with Crippen LogP contribution in [0.5, 0.6) is 17.2 Å². The van der Waals surface area contributed by atoms with Crippen LogP contribution in [-0.2, 0) is 4.74 Å². The highest BCUT2D eigenvalue weighted by molar-refractivity contribution is 6.30. The van der Waals surface area contributed by atoms with Crippen molar-refractivity contribution in [2.24, 2.45) is 0 Å². The number of ether oxygens (including phenoxy) is 2. The summed E-state index contributed by atoms with van der Waals surface area (Å²) in [5, 5.41) is 59.7. The summed E-state index contributed by atoms with van der Waals surface area (Å²) in [7, 11) is 0. The summed E-state index contributed by atoms with van der Waals surface area (Å²) in [6, 6.07) is 4.96. The first-order chi connectivity index (χ1) is 14.6. The van der Waals surface area contributed by atoms with E-state index in [1.165, 1.54) is 18.2 Å². The fourth-order valence-electron chi connectivity index (χ4n) is 3.84. The average Bonchev–Trinajstić information content (AvgIpc) is 2.71. The lowest BCUT2D eigenvalue weighted by atomic mass is 9.82. The Morgan fingerprint density at radius 2 is 1.48 bits per heavy atom. The van der Waals surface area contributed by atoms with Gasteiger partial charge >= 0.3 is 0 Å². The Morgan fingerprint density at radius 3 is 2.13 bits per heavy atom. The van der Waals surface area contributed by atoms with Gasteiger partial charge in [0, 0.05) is 17.2 Å². The maximum absolute atomic E-state index is 13.0. The first-order valence-corrected chi connectivity index (χ1v) is 9.41. The summed E-state index contributed by atoms with van der Waals surface area (Å²) < 4.78 is 10.7. The summed E-state index contributed by atoms with van der Waals surface area (Å²) in [6.45, 7) is 0.982. The highest BCUT2D eigenvalue weighted by Gasteiger charge is 2.45. The van der Waals surface area contributed by atoms with Gasteiger partial charge < -0.3 is 40.1 Å². The zero-order chi connectivity index (χ0) is 22.6. The number of fused-ring (bicyclic) bond motifs is 2. The number of rotatable bonds is 3. The molecule has 5 atom stereocenters. The molecule has 0 unspecified atom stereocenters. The normalized spacial score (nSPS) is 27.6. The molecule has 0 radical (unpaired) electrons. The van der Waals surface area contributed by atoms with Crippen LogP contribution < -0.4 is 4.74 Å². The van der Waals surface area contributed by atoms with E-state index in [4.69, 9.17) is 9.47 Å². The Morgan fingerprint density at radius 1 is 0.871 bits per heavy atom. The van der Waals surface area contributed by atoms with Gasteiger partial charge in [-0.3, -0.25) is 9.59 Å². The Labute approximate surface area is 175 Å². The van der Waals surface area contributed by atoms with Gasteiger partial charge in [0.25, 0.3) is 0 Å². The second-order valence-corrected chi connectivity index (χ2v) is 7.54. The highest BCUT2D eigenvalue weighted by Crippen LogP contribution is 2.40. The average molecular weight is 432 g/mol. The van der Waals surface area contributed by atoms with E-state index in [0.29, 0.717) is 5.56 Å². The topological polar surface area (TPSA) is 174 Å². The van der Waals surface area contributed by atoms with Crippen LogP contribution in [0.1, 0.15) is 37.4 Å². The third-order valence-corrected chi connectivity index (χ3v) is 5.40. The van der Waals surface area contributed by atoms with Gasteiger partial charge in [-0.1, -0.05) is 0 Å². The molecule has 0 spiro atoms. The third kappa shape index (κ3) is 3.34. The van der Waals surface area contributed by atoms with Crippen molar-refractivity contribution in [3.63, 3.8) is 0 Å². The molecule has 2 aromatic rings. The number of aromatic hydroxyl groups is 2. The molecule has 10 heteroatoms. The van der Waals surface area contributed by atoms with E-state index in [9.17, 15) is 40.2 Å². The number of carbonyl (C=O) groups is 2. The van der Waals surface area contributed by atoms with Crippen molar-refractivity contribution in [1.82, 2.24) is 0 Å². The zero-order valence-corrected chi connectivity index (χ0v) is 16.2. The van der Waals surface area contributed by atoms with Crippen LogP contribution in [0, 0.1) is 6.92 Å². The molecule has 10 nitrogen and oxygen atoms in total. The van der Waals surface area contributed by atoms with E-state index in [0.717, 1.165) is 6.07 Å². The van der Waals surface area contributed by atoms with Crippen molar-refractivity contribution < 1.29 is 49.7 Å². The number of benzene rings is 2. The van der Waals surface area contributed by atoms with Crippen molar-refractivity contribution >= 4 is 11.6 Å². The van der Waals surface area contributed by atoms with Crippen LogP contribution in [0.15, 0.2) is 24.3 Å². The van der Waals surface area contributed by atoms with E-state index in [2.05, 4.69) is 0 Å². The first-order valence-electron chi connectivity index (χ1n) is 9.41. The molecule has 0 amide bonds. The van der Waals surface area contributed by atoms with Crippen molar-refractivity contribution in [3.8, 4) is 17.2 Å². The minimum absolute atomic E-state index is 0.0283. The number of carbonyl (C=O) groups excluding carboxylic acids is 2. The maximum Gasteiger partial charge on any atom is 0.229 e. The lowest BCUT2D eigenvalue weighted by Crippen LogP contribution is -2.60. The predicted octanol–water partition coefficient (Wildman–Crippen LogP) is -0.640. The molecular formula is C21H20O10. The molecule has 1 saturated heterocycles. The number of aliphatic hydroxyl groups is 4. The number of phenolic OH excluding ortho intramolecular Hbond substituents is 2. The van der Waals surface area contributed by atoms with Gasteiger partial charge in [-0.25, -0.2) is 0 Å². The summed E-state index contributed by atoms with van der Waals surface area (Å²) in [6.07, 6.45) is -7.71. The Hall–Kier alpha value is -3.02. The molecule has 6 N–H and O–H groups in total. The van der Waals surface area contributed by atoms with E-state index in [-0.39, 0.29) is 33.8 Å². The van der Waals surface area contributed by atoms with Crippen molar-refractivity contribution in [1.29, 1.82) is 0 Å². The molecule has 1 aliphatic carbocycles. The van der Waals surface area contributed by atoms with Crippen molar-refractivity contribution in [2.45, 2.75) is 37.6 Å².